The number of carbonyl (C=O) groups is 3. The number of nitrogens with zero attached hydrogens (tertiary/aromatic N) is 1. The van der Waals surface area contributed by atoms with Crippen LogP contribution in [0, 0.1) is 3.57 Å². The highest BCUT2D eigenvalue weighted by atomic mass is 127. The largest absolute Gasteiger partial charge is 0.496 e. The van der Waals surface area contributed by atoms with Gasteiger partial charge in [-0.15, -0.1) is 0 Å². The second kappa shape index (κ2) is 5.28. The molecule has 0 aliphatic carbocycles. The van der Waals surface area contributed by atoms with Crippen molar-refractivity contribution in [1.82, 2.24) is 10.2 Å². The van der Waals surface area contributed by atoms with E-state index in [1.54, 1.807) is 6.07 Å². The summed E-state index contributed by atoms with van der Waals surface area (Å²) in [6.07, 6.45) is 0.619. The van der Waals surface area contributed by atoms with E-state index in [1.165, 1.54) is 12.0 Å². The highest BCUT2D eigenvalue weighted by Crippen LogP contribution is 2.36. The molecule has 3 amide bonds. The summed E-state index contributed by atoms with van der Waals surface area (Å²) in [5.74, 6) is -0.381. The molecule has 0 bridgehead atoms. The molecule has 3 rings (SSSR count). The molecule has 7 heteroatoms. The van der Waals surface area contributed by atoms with E-state index >= 15 is 0 Å². The van der Waals surface area contributed by atoms with Crippen molar-refractivity contribution in [3.8, 4) is 5.75 Å². The van der Waals surface area contributed by atoms with Crippen LogP contribution in [-0.4, -0.2) is 35.8 Å². The number of carbonyl (C=O) groups excluding carboxylic acids is 3. The van der Waals surface area contributed by atoms with Gasteiger partial charge in [-0.2, -0.15) is 0 Å². The Morgan fingerprint density at radius 3 is 2.76 bits per heavy atom. The average molecular weight is 400 g/mol. The number of piperidine rings is 1. The fourth-order valence-corrected chi connectivity index (χ4v) is 3.40. The molecule has 6 nitrogen and oxygen atoms in total. The zero-order valence-electron chi connectivity index (χ0n) is 11.3. The number of methoxy groups -OCH3 is 1. The van der Waals surface area contributed by atoms with E-state index in [0.717, 1.165) is 9.13 Å². The highest BCUT2D eigenvalue weighted by molar-refractivity contribution is 14.1. The lowest BCUT2D eigenvalue weighted by molar-refractivity contribution is -0.136. The second-order valence-corrected chi connectivity index (χ2v) is 6.17. The van der Waals surface area contributed by atoms with E-state index in [2.05, 4.69) is 27.9 Å². The van der Waals surface area contributed by atoms with Crippen molar-refractivity contribution in [3.05, 3.63) is 26.8 Å². The number of rotatable bonds is 2. The maximum Gasteiger partial charge on any atom is 0.258 e. The Morgan fingerprint density at radius 1 is 1.33 bits per heavy atom. The molecular weight excluding hydrogens is 387 g/mol. The van der Waals surface area contributed by atoms with E-state index in [-0.39, 0.29) is 18.2 Å². The Hall–Kier alpha value is -1.64. The number of benzene rings is 1. The number of halogens is 1. The molecule has 0 aromatic heterocycles. The first-order chi connectivity index (χ1) is 10.0. The Labute approximate surface area is 135 Å². The quantitative estimate of drug-likeness (QED) is 0.595. The molecular formula is C14H13IN2O4. The minimum atomic E-state index is -0.594. The van der Waals surface area contributed by atoms with Gasteiger partial charge in [0.05, 0.1) is 12.7 Å². The molecule has 0 saturated carbocycles. The van der Waals surface area contributed by atoms with Crippen LogP contribution in [0.1, 0.15) is 28.8 Å². The van der Waals surface area contributed by atoms with Crippen molar-refractivity contribution >= 4 is 40.3 Å². The van der Waals surface area contributed by atoms with E-state index in [0.29, 0.717) is 24.3 Å². The summed E-state index contributed by atoms with van der Waals surface area (Å²) >= 11 is 2.17. The standard InChI is InChI=1S/C14H13IN2O4/c1-21-10-4-2-8(15)7-6-17(14(20)12(7)10)9-3-5-11(18)16-13(9)19/h2,4,9H,3,5-6H2,1H3,(H,16,18,19). The molecule has 2 aliphatic rings. The summed E-state index contributed by atoms with van der Waals surface area (Å²) in [5.41, 5.74) is 1.40. The van der Waals surface area contributed by atoms with Crippen molar-refractivity contribution in [2.75, 3.05) is 7.11 Å². The molecule has 1 fully saturated rings. The van der Waals surface area contributed by atoms with Gasteiger partial charge in [0.15, 0.2) is 0 Å². The molecule has 0 spiro atoms. The van der Waals surface area contributed by atoms with Crippen LogP contribution in [0.2, 0.25) is 0 Å². The maximum atomic E-state index is 12.6. The first-order valence-corrected chi connectivity index (χ1v) is 7.61. The van der Waals surface area contributed by atoms with E-state index in [9.17, 15) is 14.4 Å². The molecule has 21 heavy (non-hydrogen) atoms. The molecule has 2 aliphatic heterocycles. The molecule has 2 heterocycles. The molecule has 1 atom stereocenters. The lowest BCUT2D eigenvalue weighted by Gasteiger charge is -2.29. The summed E-state index contributed by atoms with van der Waals surface area (Å²) in [6.45, 7) is 0.371. The molecule has 1 unspecified atom stereocenters. The van der Waals surface area contributed by atoms with Gasteiger partial charge in [-0.05, 0) is 41.1 Å². The van der Waals surface area contributed by atoms with Crippen LogP contribution in [0.15, 0.2) is 12.1 Å². The van der Waals surface area contributed by atoms with Crippen molar-refractivity contribution in [1.29, 1.82) is 0 Å². The maximum absolute atomic E-state index is 12.6. The molecule has 110 valence electrons. The fourth-order valence-electron chi connectivity index (χ4n) is 2.78. The van der Waals surface area contributed by atoms with Gasteiger partial charge in [-0.3, -0.25) is 19.7 Å². The Kier molecular flexibility index (Phi) is 3.60. The molecule has 1 saturated heterocycles. The van der Waals surface area contributed by atoms with Crippen LogP contribution in [0.25, 0.3) is 0 Å². The van der Waals surface area contributed by atoms with Crippen LogP contribution in [0.5, 0.6) is 5.75 Å². The van der Waals surface area contributed by atoms with Gasteiger partial charge in [-0.25, -0.2) is 0 Å². The smallest absolute Gasteiger partial charge is 0.258 e. The zero-order valence-corrected chi connectivity index (χ0v) is 13.5. The van der Waals surface area contributed by atoms with Gasteiger partial charge in [0.2, 0.25) is 11.8 Å². The minimum absolute atomic E-state index is 0.213. The van der Waals surface area contributed by atoms with Crippen LogP contribution in [0.3, 0.4) is 0 Å². The van der Waals surface area contributed by atoms with Gasteiger partial charge in [0, 0.05) is 22.1 Å². The van der Waals surface area contributed by atoms with E-state index < -0.39 is 11.9 Å². The van der Waals surface area contributed by atoms with Crippen molar-refractivity contribution in [2.24, 2.45) is 0 Å². The third kappa shape index (κ3) is 2.29. The van der Waals surface area contributed by atoms with Crippen molar-refractivity contribution in [3.63, 3.8) is 0 Å². The average Bonchev–Trinajstić information content (AvgIpc) is 2.79. The lowest BCUT2D eigenvalue weighted by Crippen LogP contribution is -2.52. The predicted octanol–water partition coefficient (Wildman–Crippen LogP) is 1.06. The van der Waals surface area contributed by atoms with Crippen molar-refractivity contribution in [2.45, 2.75) is 25.4 Å². The van der Waals surface area contributed by atoms with Crippen molar-refractivity contribution < 1.29 is 19.1 Å². The monoisotopic (exact) mass is 400 g/mol. The first kappa shape index (κ1) is 14.3. The third-order valence-electron chi connectivity index (χ3n) is 3.83. The van der Waals surface area contributed by atoms with Gasteiger partial charge in [0.25, 0.3) is 5.91 Å². The number of amides is 3. The topological polar surface area (TPSA) is 75.7 Å². The van der Waals surface area contributed by atoms with Gasteiger partial charge in [0.1, 0.15) is 11.8 Å². The van der Waals surface area contributed by atoms with Crippen LogP contribution in [0.4, 0.5) is 0 Å². The van der Waals surface area contributed by atoms with Crippen LogP contribution >= 0.6 is 22.6 Å². The number of fused-ring (bicyclic) bond motifs is 1. The SMILES string of the molecule is COc1ccc(I)c2c1C(=O)N(C1CCC(=O)NC1=O)C2. The van der Waals surface area contributed by atoms with Crippen LogP contribution < -0.4 is 10.1 Å². The summed E-state index contributed by atoms with van der Waals surface area (Å²) in [5, 5.41) is 2.29. The zero-order chi connectivity index (χ0) is 15.1. The minimum Gasteiger partial charge on any atom is -0.496 e. The predicted molar refractivity (Wildman–Crippen MR) is 81.8 cm³/mol. The fraction of sp³-hybridized carbons (Fsp3) is 0.357. The lowest BCUT2D eigenvalue weighted by atomic mass is 10.0. The van der Waals surface area contributed by atoms with E-state index in [4.69, 9.17) is 4.74 Å². The molecule has 1 aromatic rings. The molecule has 1 aromatic carbocycles. The Morgan fingerprint density at radius 2 is 2.10 bits per heavy atom. The number of imide groups is 1. The van der Waals surface area contributed by atoms with Crippen LogP contribution in [-0.2, 0) is 16.1 Å². The number of hydrogen-bond donors (Lipinski definition) is 1. The number of ether oxygens (including phenoxy) is 1. The first-order valence-electron chi connectivity index (χ1n) is 6.53. The summed E-state index contributed by atoms with van der Waals surface area (Å²) < 4.78 is 6.22. The molecule has 1 N–H and O–H groups in total. The normalized spacial score (nSPS) is 21.3. The van der Waals surface area contributed by atoms with Gasteiger partial charge in [-0.1, -0.05) is 0 Å². The van der Waals surface area contributed by atoms with Gasteiger partial charge < -0.3 is 9.64 Å². The molecule has 0 radical (unpaired) electrons. The number of hydrogen-bond acceptors (Lipinski definition) is 4. The third-order valence-corrected chi connectivity index (χ3v) is 4.84. The summed E-state index contributed by atoms with van der Waals surface area (Å²) in [4.78, 5) is 37.4. The van der Waals surface area contributed by atoms with Gasteiger partial charge >= 0.3 is 0 Å². The Bertz CT molecular complexity index is 659. The summed E-state index contributed by atoms with van der Waals surface area (Å²) in [7, 11) is 1.52. The second-order valence-electron chi connectivity index (χ2n) is 5.00. The summed E-state index contributed by atoms with van der Waals surface area (Å²) in [6, 6.07) is 3.05. The highest BCUT2D eigenvalue weighted by Gasteiger charge is 2.41. The number of nitrogens with one attached hydrogen (secondary N) is 1. The Balaban J connectivity index is 1.95. The van der Waals surface area contributed by atoms with E-state index in [1.807, 2.05) is 6.07 Å².